The standard InChI is InChI=1S/C30H33N3O8/c1-4-41-20-8-5-13(9-15(20)12-31)16-6-7-19(34)22-17(16)10-14-11-18-24(33(2)3)26(36)23(29(32)39)28(38)30(18,40)27(37)21(14)25(22)35/h5-9,14,18,24,34-35,38,40H,4,10-12,31H2,1-3H3,(H2,32,39). The van der Waals surface area contributed by atoms with Crippen LogP contribution in [0.25, 0.3) is 16.9 Å². The van der Waals surface area contributed by atoms with E-state index in [1.807, 2.05) is 19.1 Å². The molecule has 5 rings (SSSR count). The number of nitrogens with two attached hydrogens (primary N) is 2. The third-order valence-corrected chi connectivity index (χ3v) is 8.50. The number of carbonyl (C=O) groups is 3. The quantitative estimate of drug-likeness (QED) is 0.280. The van der Waals surface area contributed by atoms with Crippen molar-refractivity contribution in [2.24, 2.45) is 23.3 Å². The maximum atomic E-state index is 14.0. The average molecular weight is 564 g/mol. The Labute approximate surface area is 236 Å². The molecule has 3 aliphatic rings. The number of ketones is 2. The van der Waals surface area contributed by atoms with E-state index in [-0.39, 0.29) is 36.3 Å². The highest BCUT2D eigenvalue weighted by molar-refractivity contribution is 6.24. The second-order valence-corrected chi connectivity index (χ2v) is 10.9. The van der Waals surface area contributed by atoms with Gasteiger partial charge in [-0.3, -0.25) is 19.3 Å². The van der Waals surface area contributed by atoms with Crippen LogP contribution >= 0.6 is 0 Å². The number of aliphatic hydroxyl groups excluding tert-OH is 2. The molecule has 4 atom stereocenters. The maximum Gasteiger partial charge on any atom is 0.255 e. The Kier molecular flexibility index (Phi) is 6.93. The van der Waals surface area contributed by atoms with Crippen molar-refractivity contribution in [3.05, 3.63) is 63.9 Å². The minimum absolute atomic E-state index is 0.0121. The van der Waals surface area contributed by atoms with Crippen LogP contribution in [0.2, 0.25) is 0 Å². The molecule has 0 radical (unpaired) electrons. The van der Waals surface area contributed by atoms with E-state index in [1.54, 1.807) is 26.2 Å². The van der Waals surface area contributed by atoms with Crippen molar-refractivity contribution in [1.29, 1.82) is 0 Å². The molecule has 0 bridgehead atoms. The number of aliphatic hydroxyl groups is 3. The molecule has 0 aromatic heterocycles. The number of phenolic OH excluding ortho intramolecular Hbond substituents is 1. The first-order valence-electron chi connectivity index (χ1n) is 13.3. The first-order chi connectivity index (χ1) is 19.4. The third kappa shape index (κ3) is 4.03. The first-order valence-corrected chi connectivity index (χ1v) is 13.3. The molecule has 1 amide bonds. The Morgan fingerprint density at radius 2 is 1.85 bits per heavy atom. The van der Waals surface area contributed by atoms with Crippen molar-refractivity contribution < 1.29 is 39.5 Å². The number of hydrogen-bond donors (Lipinski definition) is 6. The normalized spacial score (nSPS) is 25.7. The summed E-state index contributed by atoms with van der Waals surface area (Å²) in [4.78, 5) is 40.9. The number of primary amides is 1. The molecule has 0 saturated heterocycles. The van der Waals surface area contributed by atoms with Gasteiger partial charge in [-0.2, -0.15) is 0 Å². The summed E-state index contributed by atoms with van der Waals surface area (Å²) in [5.74, 6) is -6.21. The Morgan fingerprint density at radius 3 is 2.46 bits per heavy atom. The summed E-state index contributed by atoms with van der Waals surface area (Å²) in [6, 6.07) is 7.48. The molecule has 1 fully saturated rings. The third-order valence-electron chi connectivity index (χ3n) is 8.50. The van der Waals surface area contributed by atoms with Crippen LogP contribution in [0.3, 0.4) is 0 Å². The van der Waals surface area contributed by atoms with Crippen molar-refractivity contribution in [3.63, 3.8) is 0 Å². The summed E-state index contributed by atoms with van der Waals surface area (Å²) in [6.07, 6.45) is 0.196. The van der Waals surface area contributed by atoms with E-state index in [9.17, 15) is 34.8 Å². The predicted molar refractivity (Wildman–Crippen MR) is 149 cm³/mol. The Hall–Kier alpha value is -4.19. The number of likely N-dealkylation sites (N-methyl/N-ethyl adjacent to an activating group) is 1. The first kappa shape index (κ1) is 28.3. The lowest BCUT2D eigenvalue weighted by molar-refractivity contribution is -0.153. The summed E-state index contributed by atoms with van der Waals surface area (Å²) in [7, 11) is 3.12. The number of amides is 1. The highest BCUT2D eigenvalue weighted by Crippen LogP contribution is 2.53. The van der Waals surface area contributed by atoms with E-state index in [0.29, 0.717) is 23.5 Å². The van der Waals surface area contributed by atoms with Crippen molar-refractivity contribution in [2.75, 3.05) is 20.7 Å². The summed E-state index contributed by atoms with van der Waals surface area (Å²) >= 11 is 0. The molecule has 3 aliphatic carbocycles. The van der Waals surface area contributed by atoms with Crippen molar-refractivity contribution in [3.8, 4) is 22.6 Å². The zero-order valence-electron chi connectivity index (χ0n) is 23.0. The smallest absolute Gasteiger partial charge is 0.255 e. The monoisotopic (exact) mass is 563 g/mol. The number of Topliss-reactive ketones (excluding diaryl/α,β-unsaturated/α-hetero) is 2. The number of fused-ring (bicyclic) bond motifs is 3. The molecule has 216 valence electrons. The Bertz CT molecular complexity index is 1560. The van der Waals surface area contributed by atoms with Crippen LogP contribution in [0.1, 0.15) is 30.0 Å². The van der Waals surface area contributed by atoms with Gasteiger partial charge in [0.25, 0.3) is 5.91 Å². The highest BCUT2D eigenvalue weighted by Gasteiger charge is 2.64. The zero-order valence-corrected chi connectivity index (χ0v) is 23.0. The van der Waals surface area contributed by atoms with E-state index < -0.39 is 58.0 Å². The van der Waals surface area contributed by atoms with Crippen LogP contribution < -0.4 is 16.2 Å². The van der Waals surface area contributed by atoms with Crippen LogP contribution in [-0.4, -0.2) is 75.1 Å². The van der Waals surface area contributed by atoms with Gasteiger partial charge in [-0.15, -0.1) is 0 Å². The largest absolute Gasteiger partial charge is 0.508 e. The van der Waals surface area contributed by atoms with Crippen LogP contribution in [0, 0.1) is 11.8 Å². The molecule has 4 unspecified atom stereocenters. The predicted octanol–water partition coefficient (Wildman–Crippen LogP) is 1.49. The van der Waals surface area contributed by atoms with E-state index in [4.69, 9.17) is 16.2 Å². The lowest BCUT2D eigenvalue weighted by atomic mass is 9.57. The molecule has 0 aliphatic heterocycles. The molecule has 2 aromatic carbocycles. The highest BCUT2D eigenvalue weighted by atomic mass is 16.5. The van der Waals surface area contributed by atoms with Gasteiger partial charge in [0.1, 0.15) is 28.6 Å². The molecule has 41 heavy (non-hydrogen) atoms. The molecule has 11 nitrogen and oxygen atoms in total. The zero-order chi connectivity index (χ0) is 30.0. The molecule has 1 saturated carbocycles. The number of benzene rings is 2. The van der Waals surface area contributed by atoms with Gasteiger partial charge in [0.2, 0.25) is 5.78 Å². The Morgan fingerprint density at radius 1 is 1.15 bits per heavy atom. The fraction of sp³-hybridized carbons (Fsp3) is 0.367. The lowest BCUT2D eigenvalue weighted by Crippen LogP contribution is -2.65. The van der Waals surface area contributed by atoms with E-state index >= 15 is 0 Å². The van der Waals surface area contributed by atoms with Gasteiger partial charge < -0.3 is 36.6 Å². The van der Waals surface area contributed by atoms with Crippen LogP contribution in [0.5, 0.6) is 11.5 Å². The fourth-order valence-electron chi connectivity index (χ4n) is 6.72. The summed E-state index contributed by atoms with van der Waals surface area (Å²) in [6.45, 7) is 2.56. The maximum absolute atomic E-state index is 14.0. The van der Waals surface area contributed by atoms with E-state index in [0.717, 1.165) is 11.1 Å². The van der Waals surface area contributed by atoms with Crippen molar-refractivity contribution in [1.82, 2.24) is 4.90 Å². The fourth-order valence-corrected chi connectivity index (χ4v) is 6.72. The van der Waals surface area contributed by atoms with Gasteiger partial charge in [-0.25, -0.2) is 0 Å². The lowest BCUT2D eigenvalue weighted by Gasteiger charge is -2.50. The number of phenols is 1. The number of rotatable bonds is 6. The minimum Gasteiger partial charge on any atom is -0.508 e. The number of aromatic hydroxyl groups is 1. The molecule has 8 N–H and O–H groups in total. The van der Waals surface area contributed by atoms with Crippen LogP contribution in [0.15, 0.2) is 47.2 Å². The van der Waals surface area contributed by atoms with Gasteiger partial charge in [0.05, 0.1) is 18.2 Å². The SMILES string of the molecule is CCOc1ccc(-c2ccc(O)c3c2CC2CC4C(N(C)C)C(=O)C(C(N)=O)=C(O)C4(O)C(=O)C2=C3O)cc1CN. The van der Waals surface area contributed by atoms with Gasteiger partial charge in [-0.1, -0.05) is 12.1 Å². The second kappa shape index (κ2) is 10.0. The molecule has 0 heterocycles. The van der Waals surface area contributed by atoms with E-state index in [1.165, 1.54) is 11.0 Å². The number of nitrogens with zero attached hydrogens (tertiary/aromatic N) is 1. The second-order valence-electron chi connectivity index (χ2n) is 10.9. The van der Waals surface area contributed by atoms with Crippen molar-refractivity contribution in [2.45, 2.75) is 38.0 Å². The number of hydrogen-bond acceptors (Lipinski definition) is 10. The van der Waals surface area contributed by atoms with Crippen LogP contribution in [0.4, 0.5) is 0 Å². The molecule has 0 spiro atoms. The molecular formula is C30H33N3O8. The molecular weight excluding hydrogens is 530 g/mol. The molecule has 11 heteroatoms. The van der Waals surface area contributed by atoms with Crippen LogP contribution in [-0.2, 0) is 27.3 Å². The number of carbonyl (C=O) groups excluding carboxylic acids is 3. The van der Waals surface area contributed by atoms with Gasteiger partial charge in [0, 0.05) is 23.6 Å². The van der Waals surface area contributed by atoms with Gasteiger partial charge >= 0.3 is 0 Å². The van der Waals surface area contributed by atoms with Gasteiger partial charge in [0.15, 0.2) is 11.4 Å². The van der Waals surface area contributed by atoms with E-state index in [2.05, 4.69) is 0 Å². The Balaban J connectivity index is 1.71. The topological polar surface area (TPSA) is 197 Å². The number of ether oxygens (including phenoxy) is 1. The summed E-state index contributed by atoms with van der Waals surface area (Å²) in [5.41, 5.74) is 10.4. The minimum atomic E-state index is -2.68. The molecule has 2 aromatic rings. The van der Waals surface area contributed by atoms with Gasteiger partial charge in [-0.05, 0) is 74.7 Å². The summed E-state index contributed by atoms with van der Waals surface area (Å²) < 4.78 is 5.67. The average Bonchev–Trinajstić information content (AvgIpc) is 2.91. The van der Waals surface area contributed by atoms with Crippen molar-refractivity contribution >= 4 is 23.2 Å². The summed E-state index contributed by atoms with van der Waals surface area (Å²) in [5, 5.41) is 45.0.